The van der Waals surface area contributed by atoms with Crippen molar-refractivity contribution in [3.63, 3.8) is 0 Å². The molecule has 7 heteroatoms. The molecule has 0 N–H and O–H groups in total. The van der Waals surface area contributed by atoms with E-state index in [4.69, 9.17) is 0 Å². The smallest absolute Gasteiger partial charge is 0.267 e. The van der Waals surface area contributed by atoms with Gasteiger partial charge >= 0.3 is 0 Å². The minimum absolute atomic E-state index is 0.0147. The largest absolute Gasteiger partial charge is 0.339 e. The van der Waals surface area contributed by atoms with Crippen LogP contribution in [-0.2, 0) is 30.6 Å². The number of fused-ring (bicyclic) bond motifs is 1. The standard InChI is InChI=1S/C21H27N5O2/c27-20-15-18-3-1-2-4-19(18)23-26(20)16-21(28)25-13-11-24(12-14-25)10-7-17-5-8-22-9-6-17/h5-6,8-9,15H,1-4,7,10-14,16H2. The summed E-state index contributed by atoms with van der Waals surface area (Å²) in [6, 6.07) is 5.76. The van der Waals surface area contributed by atoms with Gasteiger partial charge in [-0.3, -0.25) is 19.5 Å². The molecule has 1 amide bonds. The monoisotopic (exact) mass is 381 g/mol. The van der Waals surface area contributed by atoms with E-state index in [9.17, 15) is 9.59 Å². The van der Waals surface area contributed by atoms with E-state index in [1.165, 1.54) is 10.2 Å². The number of carbonyl (C=O) groups excluding carboxylic acids is 1. The number of aryl methyl sites for hydroxylation is 2. The number of piperazine rings is 1. The number of hydrogen-bond donors (Lipinski definition) is 0. The molecule has 3 heterocycles. The summed E-state index contributed by atoms with van der Waals surface area (Å²) in [7, 11) is 0. The van der Waals surface area contributed by atoms with Gasteiger partial charge < -0.3 is 4.90 Å². The molecule has 1 aliphatic heterocycles. The topological polar surface area (TPSA) is 71.3 Å². The minimum Gasteiger partial charge on any atom is -0.339 e. The van der Waals surface area contributed by atoms with Crippen LogP contribution >= 0.6 is 0 Å². The Kier molecular flexibility index (Phi) is 5.81. The first-order chi connectivity index (χ1) is 13.7. The van der Waals surface area contributed by atoms with Crippen LogP contribution in [0.5, 0.6) is 0 Å². The lowest BCUT2D eigenvalue weighted by Gasteiger charge is -2.34. The summed E-state index contributed by atoms with van der Waals surface area (Å²) in [5, 5.41) is 4.47. The van der Waals surface area contributed by atoms with Gasteiger partial charge in [0, 0.05) is 51.2 Å². The third-order valence-electron chi connectivity index (χ3n) is 5.75. The first-order valence-corrected chi connectivity index (χ1v) is 10.2. The maximum Gasteiger partial charge on any atom is 0.267 e. The van der Waals surface area contributed by atoms with Crippen LogP contribution in [0.3, 0.4) is 0 Å². The zero-order chi connectivity index (χ0) is 19.3. The summed E-state index contributed by atoms with van der Waals surface area (Å²) < 4.78 is 1.35. The number of amides is 1. The number of nitrogens with zero attached hydrogens (tertiary/aromatic N) is 5. The van der Waals surface area contributed by atoms with Gasteiger partial charge in [0.1, 0.15) is 6.54 Å². The fourth-order valence-electron chi connectivity index (χ4n) is 4.00. The Morgan fingerprint density at radius 2 is 1.79 bits per heavy atom. The van der Waals surface area contributed by atoms with Crippen LogP contribution in [0.4, 0.5) is 0 Å². The van der Waals surface area contributed by atoms with Crippen LogP contribution in [-0.4, -0.2) is 63.2 Å². The van der Waals surface area contributed by atoms with Gasteiger partial charge in [-0.25, -0.2) is 4.68 Å². The van der Waals surface area contributed by atoms with E-state index in [1.807, 2.05) is 29.4 Å². The molecule has 1 aliphatic carbocycles. The summed E-state index contributed by atoms with van der Waals surface area (Å²) in [6.45, 7) is 4.16. The van der Waals surface area contributed by atoms with Crippen molar-refractivity contribution in [2.24, 2.45) is 0 Å². The highest BCUT2D eigenvalue weighted by Gasteiger charge is 2.22. The van der Waals surface area contributed by atoms with Crippen LogP contribution in [0.1, 0.15) is 29.7 Å². The third kappa shape index (κ3) is 4.47. The normalized spacial score (nSPS) is 17.4. The Morgan fingerprint density at radius 1 is 1.04 bits per heavy atom. The van der Waals surface area contributed by atoms with Crippen LogP contribution in [0.2, 0.25) is 0 Å². The first-order valence-electron chi connectivity index (χ1n) is 10.2. The van der Waals surface area contributed by atoms with Gasteiger partial charge in [0.05, 0.1) is 5.69 Å². The summed E-state index contributed by atoms with van der Waals surface area (Å²) >= 11 is 0. The first kappa shape index (κ1) is 18.8. The molecular weight excluding hydrogens is 354 g/mol. The van der Waals surface area contributed by atoms with Crippen molar-refractivity contribution in [1.29, 1.82) is 0 Å². The maximum atomic E-state index is 12.7. The Hall–Kier alpha value is -2.54. The van der Waals surface area contributed by atoms with E-state index in [0.29, 0.717) is 13.1 Å². The van der Waals surface area contributed by atoms with E-state index < -0.39 is 0 Å². The van der Waals surface area contributed by atoms with Crippen LogP contribution in [0.25, 0.3) is 0 Å². The maximum absolute atomic E-state index is 12.7. The van der Waals surface area contributed by atoms with E-state index in [0.717, 1.165) is 63.0 Å². The summed E-state index contributed by atoms with van der Waals surface area (Å²) in [5.74, 6) is -0.0147. The molecule has 4 rings (SSSR count). The molecule has 7 nitrogen and oxygen atoms in total. The number of carbonyl (C=O) groups is 1. The molecule has 28 heavy (non-hydrogen) atoms. The molecule has 0 spiro atoms. The number of aromatic nitrogens is 3. The molecule has 2 aromatic rings. The average molecular weight is 381 g/mol. The van der Waals surface area contributed by atoms with E-state index in [1.54, 1.807) is 6.07 Å². The van der Waals surface area contributed by atoms with Crippen molar-refractivity contribution in [3.05, 3.63) is 57.8 Å². The molecule has 0 unspecified atom stereocenters. The molecule has 0 aromatic carbocycles. The van der Waals surface area contributed by atoms with Crippen LogP contribution in [0.15, 0.2) is 35.4 Å². The Bertz CT molecular complexity index is 872. The highest BCUT2D eigenvalue weighted by atomic mass is 16.2. The van der Waals surface area contributed by atoms with E-state index >= 15 is 0 Å². The van der Waals surface area contributed by atoms with E-state index in [2.05, 4.69) is 15.0 Å². The predicted molar refractivity (Wildman–Crippen MR) is 106 cm³/mol. The highest BCUT2D eigenvalue weighted by Crippen LogP contribution is 2.17. The molecule has 1 fully saturated rings. The van der Waals surface area contributed by atoms with Gasteiger partial charge in [0.2, 0.25) is 5.91 Å². The Labute approximate surface area is 165 Å². The van der Waals surface area contributed by atoms with Gasteiger partial charge in [-0.2, -0.15) is 5.10 Å². The summed E-state index contributed by atoms with van der Waals surface area (Å²) in [4.78, 5) is 33.3. The highest BCUT2D eigenvalue weighted by molar-refractivity contribution is 5.76. The summed E-state index contributed by atoms with van der Waals surface area (Å²) in [5.41, 5.74) is 3.17. The predicted octanol–water partition coefficient (Wildman–Crippen LogP) is 0.904. The average Bonchev–Trinajstić information content (AvgIpc) is 2.74. The summed E-state index contributed by atoms with van der Waals surface area (Å²) in [6.07, 6.45) is 8.68. The lowest BCUT2D eigenvalue weighted by atomic mass is 9.97. The number of rotatable bonds is 5. The molecule has 0 atom stereocenters. The third-order valence-corrected chi connectivity index (χ3v) is 5.75. The fourth-order valence-corrected chi connectivity index (χ4v) is 4.00. The molecular formula is C21H27N5O2. The quantitative estimate of drug-likeness (QED) is 0.770. The zero-order valence-electron chi connectivity index (χ0n) is 16.2. The van der Waals surface area contributed by atoms with Gasteiger partial charge in [-0.15, -0.1) is 0 Å². The zero-order valence-corrected chi connectivity index (χ0v) is 16.2. The van der Waals surface area contributed by atoms with Gasteiger partial charge in [0.15, 0.2) is 0 Å². The van der Waals surface area contributed by atoms with Crippen molar-refractivity contribution in [1.82, 2.24) is 24.6 Å². The van der Waals surface area contributed by atoms with Crippen molar-refractivity contribution in [3.8, 4) is 0 Å². The van der Waals surface area contributed by atoms with Crippen molar-refractivity contribution in [2.75, 3.05) is 32.7 Å². The number of hydrogen-bond acceptors (Lipinski definition) is 5. The SMILES string of the molecule is O=C(Cn1nc2c(cc1=O)CCCC2)N1CCN(CCc2ccncc2)CC1. The minimum atomic E-state index is -0.162. The second-order valence-corrected chi connectivity index (χ2v) is 7.65. The van der Waals surface area contributed by atoms with Crippen molar-refractivity contribution < 1.29 is 4.79 Å². The molecule has 0 saturated carbocycles. The lowest BCUT2D eigenvalue weighted by Crippen LogP contribution is -2.50. The molecule has 2 aromatic heterocycles. The Morgan fingerprint density at radius 3 is 2.57 bits per heavy atom. The van der Waals surface area contributed by atoms with Crippen LogP contribution in [0, 0.1) is 0 Å². The van der Waals surface area contributed by atoms with Crippen molar-refractivity contribution in [2.45, 2.75) is 38.6 Å². The molecule has 2 aliphatic rings. The van der Waals surface area contributed by atoms with Gasteiger partial charge in [0.25, 0.3) is 5.56 Å². The molecule has 0 bridgehead atoms. The van der Waals surface area contributed by atoms with Crippen molar-refractivity contribution >= 4 is 5.91 Å². The molecule has 1 saturated heterocycles. The second-order valence-electron chi connectivity index (χ2n) is 7.65. The molecule has 148 valence electrons. The second kappa shape index (κ2) is 8.65. The number of pyridine rings is 1. The fraction of sp³-hybridized carbons (Fsp3) is 0.524. The lowest BCUT2D eigenvalue weighted by molar-refractivity contribution is -0.133. The Balaban J connectivity index is 1.29. The van der Waals surface area contributed by atoms with Gasteiger partial charge in [-0.1, -0.05) is 0 Å². The molecule has 0 radical (unpaired) electrons. The van der Waals surface area contributed by atoms with Crippen LogP contribution < -0.4 is 5.56 Å². The van der Waals surface area contributed by atoms with Gasteiger partial charge in [-0.05, 0) is 55.4 Å². The van der Waals surface area contributed by atoms with E-state index in [-0.39, 0.29) is 18.0 Å².